The Balaban J connectivity index is 1.81. The van der Waals surface area contributed by atoms with Crippen molar-refractivity contribution in [2.45, 2.75) is 45.4 Å². The van der Waals surface area contributed by atoms with Crippen molar-refractivity contribution >= 4 is 16.3 Å². The van der Waals surface area contributed by atoms with Gasteiger partial charge in [0.15, 0.2) is 5.82 Å². The van der Waals surface area contributed by atoms with E-state index in [4.69, 9.17) is 10.3 Å². The number of thiophene rings is 1. The highest BCUT2D eigenvalue weighted by atomic mass is 32.1. The molecular formula is C14H19N3OS. The Morgan fingerprint density at radius 2 is 2.05 bits per heavy atom. The molecule has 0 saturated heterocycles. The van der Waals surface area contributed by atoms with E-state index in [9.17, 15) is 0 Å². The summed E-state index contributed by atoms with van der Waals surface area (Å²) in [5, 5.41) is 4.96. The second-order valence-electron chi connectivity index (χ2n) is 5.58. The van der Waals surface area contributed by atoms with Crippen LogP contribution in [0, 0.1) is 12.8 Å². The first-order valence-corrected chi connectivity index (χ1v) is 7.65. The Bertz CT molecular complexity index is 567. The maximum Gasteiger partial charge on any atom is 0.268 e. The van der Waals surface area contributed by atoms with Crippen molar-refractivity contribution in [3.8, 4) is 10.8 Å². The summed E-state index contributed by atoms with van der Waals surface area (Å²) in [6, 6.07) is 1.95. The Morgan fingerprint density at radius 3 is 2.68 bits per heavy atom. The number of rotatable bonds is 2. The van der Waals surface area contributed by atoms with Gasteiger partial charge in [0.1, 0.15) is 0 Å². The van der Waals surface area contributed by atoms with E-state index in [2.05, 4.69) is 17.1 Å². The number of nitrogens with two attached hydrogens (primary N) is 1. The highest BCUT2D eigenvalue weighted by molar-refractivity contribution is 7.19. The van der Waals surface area contributed by atoms with Gasteiger partial charge < -0.3 is 10.3 Å². The maximum atomic E-state index is 5.81. The largest absolute Gasteiger partial charge is 0.391 e. The van der Waals surface area contributed by atoms with E-state index in [0.717, 1.165) is 27.2 Å². The molecular weight excluding hydrogens is 258 g/mol. The smallest absolute Gasteiger partial charge is 0.268 e. The molecule has 3 rings (SSSR count). The van der Waals surface area contributed by atoms with E-state index in [0.29, 0.717) is 11.8 Å². The highest BCUT2D eigenvalue weighted by Gasteiger charge is 2.24. The second kappa shape index (κ2) is 4.96. The number of anilines is 1. The van der Waals surface area contributed by atoms with Gasteiger partial charge in [-0.05, 0) is 37.3 Å². The molecule has 0 aliphatic heterocycles. The van der Waals surface area contributed by atoms with Gasteiger partial charge in [-0.3, -0.25) is 0 Å². The Labute approximate surface area is 117 Å². The van der Waals surface area contributed by atoms with Crippen LogP contribution >= 0.6 is 11.3 Å². The molecule has 102 valence electrons. The zero-order valence-electron chi connectivity index (χ0n) is 11.3. The fourth-order valence-electron chi connectivity index (χ4n) is 2.73. The first-order chi connectivity index (χ1) is 9.13. The molecule has 2 aromatic rings. The van der Waals surface area contributed by atoms with Gasteiger partial charge in [-0.2, -0.15) is 4.98 Å². The molecule has 1 fully saturated rings. The standard InChI is InChI=1S/C14H19N3OS/c1-8-3-5-10(6-4-8)13-16-14(18-17-13)12-9(2)7-11(15)19-12/h7-8,10H,3-6,15H2,1-2H3. The van der Waals surface area contributed by atoms with Crippen LogP contribution in [-0.2, 0) is 0 Å². The van der Waals surface area contributed by atoms with E-state index in [1.165, 1.54) is 37.0 Å². The average Bonchev–Trinajstić information content (AvgIpc) is 2.97. The lowest BCUT2D eigenvalue weighted by molar-refractivity contribution is 0.329. The fraction of sp³-hybridized carbons (Fsp3) is 0.571. The summed E-state index contributed by atoms with van der Waals surface area (Å²) < 4.78 is 5.42. The Hall–Kier alpha value is -1.36. The lowest BCUT2D eigenvalue weighted by Gasteiger charge is -2.23. The molecule has 4 nitrogen and oxygen atoms in total. The third kappa shape index (κ3) is 2.52. The van der Waals surface area contributed by atoms with Gasteiger partial charge in [-0.1, -0.05) is 24.9 Å². The van der Waals surface area contributed by atoms with Crippen molar-refractivity contribution in [2.24, 2.45) is 5.92 Å². The Morgan fingerprint density at radius 1 is 1.32 bits per heavy atom. The van der Waals surface area contributed by atoms with Crippen molar-refractivity contribution in [2.75, 3.05) is 5.73 Å². The van der Waals surface area contributed by atoms with Gasteiger partial charge in [0.05, 0.1) is 9.88 Å². The van der Waals surface area contributed by atoms with Crippen LogP contribution in [0.1, 0.15) is 49.9 Å². The van der Waals surface area contributed by atoms with E-state index in [1.807, 2.05) is 13.0 Å². The molecule has 2 heterocycles. The zero-order valence-corrected chi connectivity index (χ0v) is 12.2. The predicted octanol–water partition coefficient (Wildman–Crippen LogP) is 3.98. The van der Waals surface area contributed by atoms with Crippen LogP contribution in [0.2, 0.25) is 0 Å². The molecule has 0 bridgehead atoms. The van der Waals surface area contributed by atoms with Gasteiger partial charge in [0, 0.05) is 5.92 Å². The highest BCUT2D eigenvalue weighted by Crippen LogP contribution is 2.37. The lowest BCUT2D eigenvalue weighted by atomic mass is 9.83. The first kappa shape index (κ1) is 12.7. The minimum absolute atomic E-state index is 0.464. The SMILES string of the molecule is Cc1cc(N)sc1-c1nc(C2CCC(C)CC2)no1. The van der Waals surface area contributed by atoms with Crippen LogP contribution in [0.25, 0.3) is 10.8 Å². The van der Waals surface area contributed by atoms with Crippen LogP contribution in [0.15, 0.2) is 10.6 Å². The molecule has 0 unspecified atom stereocenters. The van der Waals surface area contributed by atoms with E-state index >= 15 is 0 Å². The van der Waals surface area contributed by atoms with Gasteiger partial charge >= 0.3 is 0 Å². The summed E-state index contributed by atoms with van der Waals surface area (Å²) in [5.41, 5.74) is 6.92. The van der Waals surface area contributed by atoms with E-state index in [-0.39, 0.29) is 0 Å². The van der Waals surface area contributed by atoms with Gasteiger partial charge in [0.25, 0.3) is 5.89 Å². The van der Waals surface area contributed by atoms with Crippen molar-refractivity contribution in [1.29, 1.82) is 0 Å². The fourth-order valence-corrected chi connectivity index (χ4v) is 3.59. The summed E-state index contributed by atoms with van der Waals surface area (Å²) in [7, 11) is 0. The quantitative estimate of drug-likeness (QED) is 0.901. The normalized spacial score (nSPS) is 23.7. The number of aryl methyl sites for hydroxylation is 1. The average molecular weight is 277 g/mol. The third-order valence-corrected chi connectivity index (χ3v) is 5.01. The lowest BCUT2D eigenvalue weighted by Crippen LogP contribution is -2.11. The molecule has 0 spiro atoms. The predicted molar refractivity (Wildman–Crippen MR) is 77.1 cm³/mol. The van der Waals surface area contributed by atoms with Crippen LogP contribution in [0.4, 0.5) is 5.00 Å². The minimum Gasteiger partial charge on any atom is -0.391 e. The van der Waals surface area contributed by atoms with Crippen LogP contribution in [0.3, 0.4) is 0 Å². The number of hydrogen-bond donors (Lipinski definition) is 1. The van der Waals surface area contributed by atoms with Crippen LogP contribution < -0.4 is 5.73 Å². The zero-order chi connectivity index (χ0) is 13.4. The summed E-state index contributed by atoms with van der Waals surface area (Å²) in [4.78, 5) is 5.58. The molecule has 0 atom stereocenters. The number of hydrogen-bond acceptors (Lipinski definition) is 5. The molecule has 0 aromatic carbocycles. The minimum atomic E-state index is 0.464. The molecule has 19 heavy (non-hydrogen) atoms. The molecule has 2 N–H and O–H groups in total. The van der Waals surface area contributed by atoms with Gasteiger partial charge in [0.2, 0.25) is 0 Å². The molecule has 1 aliphatic rings. The summed E-state index contributed by atoms with van der Waals surface area (Å²) in [6.07, 6.45) is 4.87. The molecule has 2 aromatic heterocycles. The van der Waals surface area contributed by atoms with E-state index < -0.39 is 0 Å². The van der Waals surface area contributed by atoms with Crippen molar-refractivity contribution in [1.82, 2.24) is 10.1 Å². The molecule has 5 heteroatoms. The summed E-state index contributed by atoms with van der Waals surface area (Å²) in [5.74, 6) is 2.79. The summed E-state index contributed by atoms with van der Waals surface area (Å²) >= 11 is 1.51. The van der Waals surface area contributed by atoms with Gasteiger partial charge in [-0.15, -0.1) is 11.3 Å². The number of aromatic nitrogens is 2. The van der Waals surface area contributed by atoms with Crippen LogP contribution in [-0.4, -0.2) is 10.1 Å². The van der Waals surface area contributed by atoms with Crippen molar-refractivity contribution in [3.63, 3.8) is 0 Å². The number of nitrogen functional groups attached to an aromatic ring is 1. The summed E-state index contributed by atoms with van der Waals surface area (Å²) in [6.45, 7) is 4.34. The molecule has 1 saturated carbocycles. The third-order valence-electron chi connectivity index (χ3n) is 3.95. The van der Waals surface area contributed by atoms with Crippen LogP contribution in [0.5, 0.6) is 0 Å². The number of nitrogens with zero attached hydrogens (tertiary/aromatic N) is 2. The van der Waals surface area contributed by atoms with Crippen molar-refractivity contribution < 1.29 is 4.52 Å². The topological polar surface area (TPSA) is 64.9 Å². The second-order valence-corrected chi connectivity index (χ2v) is 6.66. The maximum absolute atomic E-state index is 5.81. The molecule has 0 amide bonds. The molecule has 0 radical (unpaired) electrons. The van der Waals surface area contributed by atoms with Gasteiger partial charge in [-0.25, -0.2) is 0 Å². The monoisotopic (exact) mass is 277 g/mol. The van der Waals surface area contributed by atoms with Crippen molar-refractivity contribution in [3.05, 3.63) is 17.5 Å². The Kier molecular flexibility index (Phi) is 3.31. The first-order valence-electron chi connectivity index (χ1n) is 6.83. The van der Waals surface area contributed by atoms with E-state index in [1.54, 1.807) is 0 Å². The molecule has 1 aliphatic carbocycles.